The van der Waals surface area contributed by atoms with Crippen molar-refractivity contribution in [2.75, 3.05) is 20.1 Å². The van der Waals surface area contributed by atoms with Crippen LogP contribution in [-0.2, 0) is 4.79 Å². The van der Waals surface area contributed by atoms with Crippen LogP contribution < -0.4 is 5.73 Å². The third-order valence-electron chi connectivity index (χ3n) is 2.85. The van der Waals surface area contributed by atoms with E-state index in [1.807, 2.05) is 0 Å². The summed E-state index contributed by atoms with van der Waals surface area (Å²) in [5.74, 6) is 0.384. The number of hydrogen-bond donors (Lipinski definition) is 1. The lowest BCUT2D eigenvalue weighted by molar-refractivity contribution is -0.125. The fourth-order valence-corrected chi connectivity index (χ4v) is 1.73. The molecular formula is C9H15N3O2. The number of amides is 3. The normalized spacial score (nSPS) is 24.7. The number of rotatable bonds is 3. The van der Waals surface area contributed by atoms with Crippen LogP contribution in [0.15, 0.2) is 0 Å². The van der Waals surface area contributed by atoms with Crippen LogP contribution in [0.3, 0.4) is 0 Å². The fraction of sp³-hybridized carbons (Fsp3) is 0.778. The Bertz CT molecular complexity index is 275. The maximum absolute atomic E-state index is 11.5. The maximum Gasteiger partial charge on any atom is 0.327 e. The number of carbonyl (C=O) groups is 2. The van der Waals surface area contributed by atoms with E-state index in [1.54, 1.807) is 7.05 Å². The molecule has 1 aliphatic heterocycles. The molecule has 1 unspecified atom stereocenters. The van der Waals surface area contributed by atoms with Crippen molar-refractivity contribution < 1.29 is 9.59 Å². The molecule has 0 spiro atoms. The number of imide groups is 1. The Balaban J connectivity index is 1.96. The average molecular weight is 197 g/mol. The SMILES string of the molecule is CN1CC(=O)N(CC(N)C2CC2)C1=O. The van der Waals surface area contributed by atoms with Crippen molar-refractivity contribution in [1.82, 2.24) is 9.80 Å². The van der Waals surface area contributed by atoms with Gasteiger partial charge in [0, 0.05) is 19.6 Å². The molecule has 1 saturated carbocycles. The van der Waals surface area contributed by atoms with E-state index in [0.717, 1.165) is 12.8 Å². The Hall–Kier alpha value is -1.10. The summed E-state index contributed by atoms with van der Waals surface area (Å²) < 4.78 is 0. The molecule has 2 aliphatic rings. The molecule has 14 heavy (non-hydrogen) atoms. The van der Waals surface area contributed by atoms with Crippen LogP contribution in [-0.4, -0.2) is 47.9 Å². The van der Waals surface area contributed by atoms with Crippen molar-refractivity contribution in [3.63, 3.8) is 0 Å². The fourth-order valence-electron chi connectivity index (χ4n) is 1.73. The molecule has 1 heterocycles. The van der Waals surface area contributed by atoms with Gasteiger partial charge in [0.1, 0.15) is 6.54 Å². The van der Waals surface area contributed by atoms with E-state index in [9.17, 15) is 9.59 Å². The van der Waals surface area contributed by atoms with Crippen LogP contribution in [0.1, 0.15) is 12.8 Å². The monoisotopic (exact) mass is 197 g/mol. The Morgan fingerprint density at radius 3 is 2.57 bits per heavy atom. The molecule has 3 amide bonds. The molecule has 2 N–H and O–H groups in total. The highest BCUT2D eigenvalue weighted by Crippen LogP contribution is 2.32. The van der Waals surface area contributed by atoms with E-state index in [-0.39, 0.29) is 24.5 Å². The van der Waals surface area contributed by atoms with Crippen LogP contribution in [0.5, 0.6) is 0 Å². The summed E-state index contributed by atoms with van der Waals surface area (Å²) >= 11 is 0. The van der Waals surface area contributed by atoms with E-state index in [0.29, 0.717) is 12.5 Å². The lowest BCUT2D eigenvalue weighted by Gasteiger charge is -2.18. The molecular weight excluding hydrogens is 182 g/mol. The lowest BCUT2D eigenvalue weighted by atomic mass is 10.2. The number of urea groups is 1. The molecule has 2 rings (SSSR count). The molecule has 0 radical (unpaired) electrons. The maximum atomic E-state index is 11.5. The molecule has 0 bridgehead atoms. The van der Waals surface area contributed by atoms with Crippen molar-refractivity contribution in [2.45, 2.75) is 18.9 Å². The Morgan fingerprint density at radius 2 is 2.14 bits per heavy atom. The largest absolute Gasteiger partial charge is 0.327 e. The summed E-state index contributed by atoms with van der Waals surface area (Å²) in [6.45, 7) is 0.572. The van der Waals surface area contributed by atoms with Crippen LogP contribution in [0.4, 0.5) is 4.79 Å². The first-order valence-corrected chi connectivity index (χ1v) is 4.90. The highest BCUT2D eigenvalue weighted by molar-refractivity contribution is 6.01. The molecule has 78 valence electrons. The number of nitrogens with zero attached hydrogens (tertiary/aromatic N) is 2. The average Bonchev–Trinajstić information content (AvgIpc) is 2.91. The second kappa shape index (κ2) is 3.24. The zero-order valence-electron chi connectivity index (χ0n) is 8.27. The van der Waals surface area contributed by atoms with Crippen molar-refractivity contribution in [2.24, 2.45) is 11.7 Å². The molecule has 1 aliphatic carbocycles. The third kappa shape index (κ3) is 1.59. The van der Waals surface area contributed by atoms with Crippen molar-refractivity contribution >= 4 is 11.9 Å². The van der Waals surface area contributed by atoms with Gasteiger partial charge in [-0.1, -0.05) is 0 Å². The molecule has 5 nitrogen and oxygen atoms in total. The highest BCUT2D eigenvalue weighted by atomic mass is 16.2. The molecule has 0 aromatic heterocycles. The Morgan fingerprint density at radius 1 is 1.50 bits per heavy atom. The van der Waals surface area contributed by atoms with Crippen molar-refractivity contribution in [3.8, 4) is 0 Å². The van der Waals surface area contributed by atoms with Gasteiger partial charge in [-0.3, -0.25) is 9.69 Å². The van der Waals surface area contributed by atoms with E-state index >= 15 is 0 Å². The minimum atomic E-state index is -0.217. The topological polar surface area (TPSA) is 66.6 Å². The molecule has 2 fully saturated rings. The predicted octanol–water partition coefficient (Wildman–Crippen LogP) is -0.382. The zero-order valence-corrected chi connectivity index (χ0v) is 8.27. The van der Waals surface area contributed by atoms with Gasteiger partial charge in [-0.25, -0.2) is 4.79 Å². The van der Waals surface area contributed by atoms with Gasteiger partial charge in [-0.15, -0.1) is 0 Å². The van der Waals surface area contributed by atoms with Gasteiger partial charge in [-0.05, 0) is 18.8 Å². The van der Waals surface area contributed by atoms with Crippen LogP contribution in [0, 0.1) is 5.92 Å². The predicted molar refractivity (Wildman–Crippen MR) is 50.4 cm³/mol. The number of likely N-dealkylation sites (N-methyl/N-ethyl adjacent to an activating group) is 1. The number of nitrogens with two attached hydrogens (primary N) is 1. The first-order chi connectivity index (χ1) is 6.59. The first-order valence-electron chi connectivity index (χ1n) is 4.90. The van der Waals surface area contributed by atoms with Gasteiger partial charge in [0.15, 0.2) is 0 Å². The standard InChI is InChI=1S/C9H15N3O2/c1-11-5-8(13)12(9(11)14)4-7(10)6-2-3-6/h6-7H,2-5,10H2,1H3. The quantitative estimate of drug-likeness (QED) is 0.627. The second-order valence-electron chi connectivity index (χ2n) is 4.14. The molecule has 5 heteroatoms. The minimum Gasteiger partial charge on any atom is -0.326 e. The summed E-state index contributed by atoms with van der Waals surface area (Å²) in [7, 11) is 1.63. The summed E-state index contributed by atoms with van der Waals surface area (Å²) in [5.41, 5.74) is 5.86. The van der Waals surface area contributed by atoms with E-state index in [4.69, 9.17) is 5.73 Å². The summed E-state index contributed by atoms with van der Waals surface area (Å²) in [4.78, 5) is 25.5. The van der Waals surface area contributed by atoms with E-state index in [2.05, 4.69) is 0 Å². The van der Waals surface area contributed by atoms with Gasteiger partial charge in [0.05, 0.1) is 0 Å². The van der Waals surface area contributed by atoms with Gasteiger partial charge in [0.25, 0.3) is 0 Å². The van der Waals surface area contributed by atoms with Gasteiger partial charge in [-0.2, -0.15) is 0 Å². The summed E-state index contributed by atoms with van der Waals surface area (Å²) in [6, 6.07) is -0.250. The summed E-state index contributed by atoms with van der Waals surface area (Å²) in [5, 5.41) is 0. The Kier molecular flexibility index (Phi) is 2.19. The second-order valence-corrected chi connectivity index (χ2v) is 4.14. The van der Waals surface area contributed by atoms with Crippen LogP contribution >= 0.6 is 0 Å². The van der Waals surface area contributed by atoms with Gasteiger partial charge in [0.2, 0.25) is 5.91 Å². The number of carbonyl (C=O) groups excluding carboxylic acids is 2. The third-order valence-corrected chi connectivity index (χ3v) is 2.85. The van der Waals surface area contributed by atoms with Gasteiger partial charge < -0.3 is 10.6 Å². The van der Waals surface area contributed by atoms with Crippen LogP contribution in [0.2, 0.25) is 0 Å². The van der Waals surface area contributed by atoms with Crippen molar-refractivity contribution in [3.05, 3.63) is 0 Å². The minimum absolute atomic E-state index is 0.0330. The lowest BCUT2D eigenvalue weighted by Crippen LogP contribution is -2.42. The summed E-state index contributed by atoms with van der Waals surface area (Å²) in [6.07, 6.45) is 2.26. The van der Waals surface area contributed by atoms with Gasteiger partial charge >= 0.3 is 6.03 Å². The zero-order chi connectivity index (χ0) is 10.3. The highest BCUT2D eigenvalue weighted by Gasteiger charge is 2.37. The van der Waals surface area contributed by atoms with E-state index < -0.39 is 0 Å². The molecule has 1 saturated heterocycles. The first kappa shape index (κ1) is 9.45. The van der Waals surface area contributed by atoms with Crippen molar-refractivity contribution in [1.29, 1.82) is 0 Å². The smallest absolute Gasteiger partial charge is 0.326 e. The molecule has 1 atom stereocenters. The Labute approximate surface area is 82.8 Å². The molecule has 0 aromatic rings. The van der Waals surface area contributed by atoms with E-state index in [1.165, 1.54) is 9.80 Å². The van der Waals surface area contributed by atoms with Crippen LogP contribution in [0.25, 0.3) is 0 Å². The number of hydrogen-bond acceptors (Lipinski definition) is 3. The molecule has 0 aromatic carbocycles.